The minimum absolute atomic E-state index is 0.222. The van der Waals surface area contributed by atoms with Crippen LogP contribution in [0.25, 0.3) is 0 Å². The number of piperidine rings is 1. The van der Waals surface area contributed by atoms with Gasteiger partial charge in [-0.15, -0.1) is 0 Å². The molecule has 4 rings (SSSR count). The van der Waals surface area contributed by atoms with Crippen LogP contribution < -0.4 is 14.4 Å². The molecule has 2 aliphatic heterocycles. The summed E-state index contributed by atoms with van der Waals surface area (Å²) in [6, 6.07) is 5.57. The number of anilines is 1. The Morgan fingerprint density at radius 2 is 1.93 bits per heavy atom. The molecule has 0 radical (unpaired) electrons. The number of nitrogens with zero attached hydrogens (tertiary/aromatic N) is 5. The molecule has 1 spiro atoms. The van der Waals surface area contributed by atoms with Crippen LogP contribution in [-0.4, -0.2) is 59.6 Å². The van der Waals surface area contributed by atoms with Crippen LogP contribution in [0.4, 0.5) is 5.95 Å². The predicted molar refractivity (Wildman–Crippen MR) is 103 cm³/mol. The second-order valence-corrected chi connectivity index (χ2v) is 7.40. The maximum Gasteiger partial charge on any atom is 0.232 e. The molecule has 148 valence electrons. The number of rotatable bonds is 5. The summed E-state index contributed by atoms with van der Waals surface area (Å²) < 4.78 is 10.5. The van der Waals surface area contributed by atoms with Crippen molar-refractivity contribution >= 4 is 11.9 Å². The molecule has 2 aromatic heterocycles. The van der Waals surface area contributed by atoms with Crippen molar-refractivity contribution in [1.82, 2.24) is 19.9 Å². The van der Waals surface area contributed by atoms with Crippen molar-refractivity contribution in [2.75, 3.05) is 38.8 Å². The molecule has 0 aliphatic carbocycles. The number of pyridine rings is 1. The summed E-state index contributed by atoms with van der Waals surface area (Å²) in [5.74, 6) is 1.68. The van der Waals surface area contributed by atoms with Crippen molar-refractivity contribution in [1.29, 1.82) is 0 Å². The van der Waals surface area contributed by atoms with Crippen molar-refractivity contribution < 1.29 is 14.3 Å². The summed E-state index contributed by atoms with van der Waals surface area (Å²) in [5.41, 5.74) is 0.684. The molecular formula is C20H25N5O3. The molecule has 0 saturated carbocycles. The highest BCUT2D eigenvalue weighted by Gasteiger charge is 2.49. The molecule has 8 nitrogen and oxygen atoms in total. The highest BCUT2D eigenvalue weighted by Crippen LogP contribution is 2.41. The molecule has 8 heteroatoms. The lowest BCUT2D eigenvalue weighted by molar-refractivity contribution is -0.145. The lowest BCUT2D eigenvalue weighted by atomic mass is 9.78. The van der Waals surface area contributed by atoms with Gasteiger partial charge in [0.05, 0.1) is 25.7 Å². The normalized spacial score (nSPS) is 22.0. The Hall–Kier alpha value is -2.90. The average Bonchev–Trinajstić information content (AvgIpc) is 3.17. The van der Waals surface area contributed by atoms with Crippen LogP contribution in [0, 0.1) is 5.41 Å². The van der Waals surface area contributed by atoms with Gasteiger partial charge in [-0.2, -0.15) is 9.97 Å². The Labute approximate surface area is 164 Å². The fourth-order valence-electron chi connectivity index (χ4n) is 4.18. The molecule has 0 bridgehead atoms. The van der Waals surface area contributed by atoms with Crippen molar-refractivity contribution in [2.24, 2.45) is 5.41 Å². The van der Waals surface area contributed by atoms with Crippen LogP contribution in [0.15, 0.2) is 30.6 Å². The van der Waals surface area contributed by atoms with Gasteiger partial charge in [0.1, 0.15) is 0 Å². The number of aromatic nitrogens is 3. The molecule has 1 atom stereocenters. The number of carbonyl (C=O) groups excluding carboxylic acids is 1. The van der Waals surface area contributed by atoms with Gasteiger partial charge >= 0.3 is 0 Å². The van der Waals surface area contributed by atoms with E-state index in [-0.39, 0.29) is 11.3 Å². The molecule has 1 amide bonds. The monoisotopic (exact) mass is 383 g/mol. The van der Waals surface area contributed by atoms with E-state index >= 15 is 0 Å². The number of likely N-dealkylation sites (tertiary alicyclic amines) is 1. The molecular weight excluding hydrogens is 358 g/mol. The summed E-state index contributed by atoms with van der Waals surface area (Å²) in [5, 5.41) is 0. The van der Waals surface area contributed by atoms with E-state index < -0.39 is 0 Å². The molecule has 0 N–H and O–H groups in total. The van der Waals surface area contributed by atoms with E-state index in [2.05, 4.69) is 19.9 Å². The number of ether oxygens (including phenoxy) is 2. The third kappa shape index (κ3) is 3.46. The fourth-order valence-corrected chi connectivity index (χ4v) is 4.18. The van der Waals surface area contributed by atoms with Crippen LogP contribution in [0.2, 0.25) is 0 Å². The third-order valence-electron chi connectivity index (χ3n) is 5.64. The number of amides is 1. The van der Waals surface area contributed by atoms with E-state index in [4.69, 9.17) is 9.47 Å². The van der Waals surface area contributed by atoms with Crippen LogP contribution in [0.3, 0.4) is 0 Å². The zero-order chi connectivity index (χ0) is 19.6. The molecule has 2 fully saturated rings. The summed E-state index contributed by atoms with van der Waals surface area (Å²) in [6.07, 6.45) is 6.28. The molecule has 2 saturated heterocycles. The number of carbonyl (C=O) groups is 1. The van der Waals surface area contributed by atoms with Gasteiger partial charge in [0.15, 0.2) is 0 Å². The number of methoxy groups -OCH3 is 2. The lowest BCUT2D eigenvalue weighted by Gasteiger charge is -2.39. The van der Waals surface area contributed by atoms with Gasteiger partial charge in [0.25, 0.3) is 0 Å². The van der Waals surface area contributed by atoms with Crippen LogP contribution >= 0.6 is 0 Å². The van der Waals surface area contributed by atoms with E-state index in [1.807, 2.05) is 23.2 Å². The smallest absolute Gasteiger partial charge is 0.232 e. The van der Waals surface area contributed by atoms with E-state index in [0.29, 0.717) is 30.8 Å². The lowest BCUT2D eigenvalue weighted by Crippen LogP contribution is -2.49. The second-order valence-electron chi connectivity index (χ2n) is 7.40. The minimum Gasteiger partial charge on any atom is -0.481 e. The van der Waals surface area contributed by atoms with Crippen molar-refractivity contribution in [3.63, 3.8) is 0 Å². The van der Waals surface area contributed by atoms with E-state index in [0.717, 1.165) is 37.9 Å². The number of hydrogen-bond donors (Lipinski definition) is 0. The Morgan fingerprint density at radius 1 is 1.14 bits per heavy atom. The Bertz CT molecular complexity index is 825. The molecule has 0 aromatic carbocycles. The van der Waals surface area contributed by atoms with E-state index in [1.54, 1.807) is 26.5 Å². The molecule has 2 aliphatic rings. The molecule has 28 heavy (non-hydrogen) atoms. The van der Waals surface area contributed by atoms with Gasteiger partial charge < -0.3 is 19.3 Å². The maximum absolute atomic E-state index is 13.4. The van der Waals surface area contributed by atoms with Crippen molar-refractivity contribution in [3.05, 3.63) is 36.2 Å². The Morgan fingerprint density at radius 3 is 2.61 bits per heavy atom. The standard InChI is InChI=1S/C20H25N5O3/c1-27-16-11-17(28-2)23-19(22-16)25-10-7-20(14-25)6-4-9-24(18(20)26)13-15-5-3-8-21-12-15/h3,5,8,11-12H,4,6-7,9-10,13-14H2,1-2H3/t20-/m1/s1. The first-order valence-corrected chi connectivity index (χ1v) is 9.54. The topological polar surface area (TPSA) is 80.7 Å². The van der Waals surface area contributed by atoms with Crippen molar-refractivity contribution in [2.45, 2.75) is 25.8 Å². The van der Waals surface area contributed by atoms with Gasteiger partial charge in [0, 0.05) is 38.6 Å². The highest BCUT2D eigenvalue weighted by molar-refractivity contribution is 5.85. The quantitative estimate of drug-likeness (QED) is 0.780. The Balaban J connectivity index is 1.52. The number of hydrogen-bond acceptors (Lipinski definition) is 7. The third-order valence-corrected chi connectivity index (χ3v) is 5.64. The SMILES string of the molecule is COc1cc(OC)nc(N2CC[C@]3(CCCN(Cc4cccnc4)C3=O)C2)n1. The van der Waals surface area contributed by atoms with E-state index in [1.165, 1.54) is 0 Å². The molecule has 4 heterocycles. The zero-order valence-electron chi connectivity index (χ0n) is 16.3. The second kappa shape index (κ2) is 7.61. The van der Waals surface area contributed by atoms with Crippen LogP contribution in [0.5, 0.6) is 11.8 Å². The summed E-state index contributed by atoms with van der Waals surface area (Å²) in [7, 11) is 3.13. The van der Waals surface area contributed by atoms with Gasteiger partial charge in [-0.25, -0.2) is 0 Å². The van der Waals surface area contributed by atoms with Crippen molar-refractivity contribution in [3.8, 4) is 11.8 Å². The van der Waals surface area contributed by atoms with Crippen LogP contribution in [0.1, 0.15) is 24.8 Å². The minimum atomic E-state index is -0.375. The van der Waals surface area contributed by atoms with Gasteiger partial charge in [-0.05, 0) is 30.9 Å². The van der Waals surface area contributed by atoms with Gasteiger partial charge in [0.2, 0.25) is 23.6 Å². The maximum atomic E-state index is 13.4. The van der Waals surface area contributed by atoms with Crippen LogP contribution in [-0.2, 0) is 11.3 Å². The summed E-state index contributed by atoms with van der Waals surface area (Å²) >= 11 is 0. The summed E-state index contributed by atoms with van der Waals surface area (Å²) in [4.78, 5) is 30.5. The average molecular weight is 383 g/mol. The Kier molecular flexibility index (Phi) is 5.02. The first-order chi connectivity index (χ1) is 13.6. The molecule has 2 aromatic rings. The zero-order valence-corrected chi connectivity index (χ0v) is 16.3. The van der Waals surface area contributed by atoms with Gasteiger partial charge in [-0.3, -0.25) is 9.78 Å². The highest BCUT2D eigenvalue weighted by atomic mass is 16.5. The first-order valence-electron chi connectivity index (χ1n) is 9.54. The predicted octanol–water partition coefficient (Wildman–Crippen LogP) is 1.91. The van der Waals surface area contributed by atoms with Gasteiger partial charge in [-0.1, -0.05) is 6.07 Å². The summed E-state index contributed by atoms with van der Waals surface area (Å²) in [6.45, 7) is 2.76. The van der Waals surface area contributed by atoms with E-state index in [9.17, 15) is 4.79 Å². The fraction of sp³-hybridized carbons (Fsp3) is 0.500. The largest absolute Gasteiger partial charge is 0.481 e. The first kappa shape index (κ1) is 18.5. The molecule has 0 unspecified atom stereocenters.